The minimum absolute atomic E-state index is 0.0500. The summed E-state index contributed by atoms with van der Waals surface area (Å²) < 4.78 is 11.1. The second-order valence-corrected chi connectivity index (χ2v) is 10.5. The van der Waals surface area contributed by atoms with E-state index in [1.165, 1.54) is 4.90 Å². The summed E-state index contributed by atoms with van der Waals surface area (Å²) in [6, 6.07) is 7.70. The molecule has 1 saturated carbocycles. The number of carbonyl (C=O) groups excluding carboxylic acids is 2. The molecule has 1 aliphatic carbocycles. The first kappa shape index (κ1) is 25.6. The minimum Gasteiger partial charge on any atom is -0.459 e. The molecule has 1 aliphatic heterocycles. The van der Waals surface area contributed by atoms with Crippen molar-refractivity contribution in [1.82, 2.24) is 10.2 Å². The molecule has 1 amide bonds. The third kappa shape index (κ3) is 6.76. The number of aliphatic hydroxyl groups excluding tert-OH is 2. The van der Waals surface area contributed by atoms with E-state index < -0.39 is 41.6 Å². The topological polar surface area (TPSA) is 108 Å². The van der Waals surface area contributed by atoms with Gasteiger partial charge in [-0.05, 0) is 44.6 Å². The van der Waals surface area contributed by atoms with E-state index in [-0.39, 0.29) is 25.5 Å². The van der Waals surface area contributed by atoms with Crippen molar-refractivity contribution >= 4 is 11.9 Å². The number of nitrogens with one attached hydrogen (secondary N) is 1. The number of hydrogen-bond acceptors (Lipinski definition) is 7. The first-order chi connectivity index (χ1) is 15.5. The zero-order valence-corrected chi connectivity index (χ0v) is 20.1. The van der Waals surface area contributed by atoms with Crippen LogP contribution in [0.1, 0.15) is 65.4 Å². The van der Waals surface area contributed by atoms with E-state index in [0.29, 0.717) is 0 Å². The van der Waals surface area contributed by atoms with Crippen LogP contribution >= 0.6 is 0 Å². The van der Waals surface area contributed by atoms with Crippen LogP contribution in [0.3, 0.4) is 0 Å². The number of β-amino-alcohol motifs (C(OH)–C–C–N with tert-alkyl or cyclic N) is 1. The maximum absolute atomic E-state index is 13.8. The van der Waals surface area contributed by atoms with Gasteiger partial charge in [-0.2, -0.15) is 0 Å². The van der Waals surface area contributed by atoms with Crippen LogP contribution < -0.4 is 5.32 Å². The van der Waals surface area contributed by atoms with E-state index in [0.717, 1.165) is 31.2 Å². The van der Waals surface area contributed by atoms with Gasteiger partial charge in [0.05, 0.1) is 17.7 Å². The highest BCUT2D eigenvalue weighted by Crippen LogP contribution is 2.42. The molecule has 3 rings (SSSR count). The number of carbonyl (C=O) groups is 2. The summed E-state index contributed by atoms with van der Waals surface area (Å²) >= 11 is 0. The van der Waals surface area contributed by atoms with Gasteiger partial charge in [0.2, 0.25) is 12.3 Å². The Bertz CT molecular complexity index is 803. The predicted octanol–water partition coefficient (Wildman–Crippen LogP) is 2.32. The SMILES string of the molecule is CC(C)(C)OC(O)N[C@H](C(=O)N1C[C@H](O)C[C@H]1C(=O)OCc1ccccc1)C1(C)CCCC1. The van der Waals surface area contributed by atoms with Crippen molar-refractivity contribution in [2.24, 2.45) is 5.41 Å². The number of hydrogen-bond donors (Lipinski definition) is 3. The molecule has 184 valence electrons. The van der Waals surface area contributed by atoms with Gasteiger partial charge in [0.15, 0.2) is 0 Å². The molecular weight excluding hydrogens is 424 g/mol. The van der Waals surface area contributed by atoms with Crippen molar-refractivity contribution in [2.45, 2.75) is 96.6 Å². The van der Waals surface area contributed by atoms with Gasteiger partial charge >= 0.3 is 5.97 Å². The van der Waals surface area contributed by atoms with Crippen LogP contribution in [0.15, 0.2) is 30.3 Å². The zero-order chi connectivity index (χ0) is 24.2. The Kier molecular flexibility index (Phi) is 8.16. The normalized spacial score (nSPS) is 24.5. The Balaban J connectivity index is 1.75. The fourth-order valence-corrected chi connectivity index (χ4v) is 4.82. The molecule has 1 aromatic carbocycles. The molecule has 0 bridgehead atoms. The molecule has 0 radical (unpaired) electrons. The fourth-order valence-electron chi connectivity index (χ4n) is 4.82. The maximum Gasteiger partial charge on any atom is 0.329 e. The first-order valence-electron chi connectivity index (χ1n) is 11.8. The number of amides is 1. The summed E-state index contributed by atoms with van der Waals surface area (Å²) in [4.78, 5) is 28.0. The molecule has 33 heavy (non-hydrogen) atoms. The van der Waals surface area contributed by atoms with Crippen LogP contribution in [-0.2, 0) is 25.7 Å². The second-order valence-electron chi connectivity index (χ2n) is 10.5. The number of benzene rings is 1. The summed E-state index contributed by atoms with van der Waals surface area (Å²) in [7, 11) is 0. The molecule has 2 aliphatic rings. The lowest BCUT2D eigenvalue weighted by Gasteiger charge is -2.39. The smallest absolute Gasteiger partial charge is 0.329 e. The third-order valence-electron chi connectivity index (χ3n) is 6.52. The molecule has 1 heterocycles. The number of aliphatic hydroxyl groups is 2. The van der Waals surface area contributed by atoms with Gasteiger partial charge in [0, 0.05) is 13.0 Å². The molecular formula is C25H38N2O6. The van der Waals surface area contributed by atoms with Crippen LogP contribution in [0.2, 0.25) is 0 Å². The average molecular weight is 463 g/mol. The Morgan fingerprint density at radius 1 is 1.21 bits per heavy atom. The number of esters is 1. The van der Waals surface area contributed by atoms with Gasteiger partial charge < -0.3 is 24.6 Å². The lowest BCUT2D eigenvalue weighted by atomic mass is 9.79. The quantitative estimate of drug-likeness (QED) is 0.402. The molecule has 8 nitrogen and oxygen atoms in total. The van der Waals surface area contributed by atoms with Gasteiger partial charge in [-0.3, -0.25) is 10.1 Å². The van der Waals surface area contributed by atoms with Crippen molar-refractivity contribution in [3.63, 3.8) is 0 Å². The van der Waals surface area contributed by atoms with Crippen molar-refractivity contribution in [3.05, 3.63) is 35.9 Å². The van der Waals surface area contributed by atoms with Crippen molar-refractivity contribution < 1.29 is 29.3 Å². The summed E-state index contributed by atoms with van der Waals surface area (Å²) in [5.74, 6) is -0.861. The van der Waals surface area contributed by atoms with E-state index in [9.17, 15) is 19.8 Å². The van der Waals surface area contributed by atoms with Crippen molar-refractivity contribution in [2.75, 3.05) is 6.54 Å². The maximum atomic E-state index is 13.8. The van der Waals surface area contributed by atoms with Gasteiger partial charge in [-0.15, -0.1) is 0 Å². The Hall–Kier alpha value is -2.00. The Labute approximate surface area is 196 Å². The predicted molar refractivity (Wildman–Crippen MR) is 123 cm³/mol. The van der Waals surface area contributed by atoms with E-state index in [1.807, 2.05) is 58.0 Å². The molecule has 1 saturated heterocycles. The van der Waals surface area contributed by atoms with Crippen LogP contribution in [0, 0.1) is 5.41 Å². The standard InChI is InChI=1S/C25H38N2O6/c1-24(2,3)33-23(31)26-20(25(4)12-8-9-13-25)21(29)27-15-18(28)14-19(27)22(30)32-16-17-10-6-5-7-11-17/h5-7,10-11,18-20,23,26,28,31H,8-9,12-16H2,1-4H3/t18-,19+,20-,23?/m1/s1. The molecule has 0 aromatic heterocycles. The fraction of sp³-hybridized carbons (Fsp3) is 0.680. The number of rotatable bonds is 8. The summed E-state index contributed by atoms with van der Waals surface area (Å²) in [5, 5.41) is 23.8. The van der Waals surface area contributed by atoms with Gasteiger partial charge in [0.25, 0.3) is 0 Å². The van der Waals surface area contributed by atoms with E-state index in [1.54, 1.807) is 0 Å². The lowest BCUT2D eigenvalue weighted by Crippen LogP contribution is -2.59. The highest BCUT2D eigenvalue weighted by molar-refractivity contribution is 5.89. The first-order valence-corrected chi connectivity index (χ1v) is 11.8. The van der Waals surface area contributed by atoms with Crippen LogP contribution in [0.25, 0.3) is 0 Å². The van der Waals surface area contributed by atoms with Crippen LogP contribution in [-0.4, -0.2) is 63.7 Å². The Morgan fingerprint density at radius 3 is 2.45 bits per heavy atom. The number of ether oxygens (including phenoxy) is 2. The zero-order valence-electron chi connectivity index (χ0n) is 20.1. The second kappa shape index (κ2) is 10.5. The van der Waals surface area contributed by atoms with Crippen LogP contribution in [0.4, 0.5) is 0 Å². The summed E-state index contributed by atoms with van der Waals surface area (Å²) in [5.41, 5.74) is -0.155. The summed E-state index contributed by atoms with van der Waals surface area (Å²) in [6.45, 7) is 7.64. The summed E-state index contributed by atoms with van der Waals surface area (Å²) in [6.07, 6.45) is 1.59. The van der Waals surface area contributed by atoms with E-state index in [4.69, 9.17) is 9.47 Å². The molecule has 2 fully saturated rings. The lowest BCUT2D eigenvalue weighted by molar-refractivity contribution is -0.193. The monoisotopic (exact) mass is 462 g/mol. The molecule has 1 unspecified atom stereocenters. The third-order valence-corrected chi connectivity index (χ3v) is 6.52. The van der Waals surface area contributed by atoms with Crippen molar-refractivity contribution in [1.29, 1.82) is 0 Å². The molecule has 0 spiro atoms. The average Bonchev–Trinajstić information content (AvgIpc) is 3.36. The minimum atomic E-state index is -1.34. The Morgan fingerprint density at radius 2 is 1.85 bits per heavy atom. The van der Waals surface area contributed by atoms with Gasteiger partial charge in [0.1, 0.15) is 12.6 Å². The largest absolute Gasteiger partial charge is 0.459 e. The molecule has 4 atom stereocenters. The molecule has 8 heteroatoms. The highest BCUT2D eigenvalue weighted by Gasteiger charge is 2.48. The molecule has 3 N–H and O–H groups in total. The number of likely N-dealkylation sites (tertiary alicyclic amines) is 1. The number of nitrogens with zero attached hydrogens (tertiary/aromatic N) is 1. The van der Waals surface area contributed by atoms with E-state index in [2.05, 4.69) is 5.32 Å². The molecule has 1 aromatic rings. The van der Waals surface area contributed by atoms with Gasteiger partial charge in [-0.25, -0.2) is 4.79 Å². The highest BCUT2D eigenvalue weighted by atomic mass is 16.6. The van der Waals surface area contributed by atoms with E-state index >= 15 is 0 Å². The van der Waals surface area contributed by atoms with Crippen molar-refractivity contribution in [3.8, 4) is 0 Å². The van der Waals surface area contributed by atoms with Gasteiger partial charge in [-0.1, -0.05) is 50.1 Å². The van der Waals surface area contributed by atoms with Crippen LogP contribution in [0.5, 0.6) is 0 Å².